The number of aromatic nitrogens is 3. The van der Waals surface area contributed by atoms with E-state index in [9.17, 15) is 4.79 Å². The van der Waals surface area contributed by atoms with Crippen molar-refractivity contribution in [2.75, 3.05) is 0 Å². The van der Waals surface area contributed by atoms with E-state index in [0.717, 1.165) is 46.3 Å². The highest BCUT2D eigenvalue weighted by molar-refractivity contribution is 6.10. The zero-order valence-electron chi connectivity index (χ0n) is 21.9. The van der Waals surface area contributed by atoms with Crippen molar-refractivity contribution in [2.24, 2.45) is 5.73 Å². The van der Waals surface area contributed by atoms with Crippen LogP contribution in [0.4, 0.5) is 0 Å². The van der Waals surface area contributed by atoms with Gasteiger partial charge in [0.05, 0.1) is 11.1 Å². The van der Waals surface area contributed by atoms with Crippen molar-refractivity contribution in [3.63, 3.8) is 0 Å². The van der Waals surface area contributed by atoms with Gasteiger partial charge in [-0.25, -0.2) is 4.68 Å². The van der Waals surface area contributed by atoms with Gasteiger partial charge in [0.15, 0.2) is 0 Å². The highest BCUT2D eigenvalue weighted by atomic mass is 16.1. The third-order valence-corrected chi connectivity index (χ3v) is 7.83. The minimum Gasteiger partial charge on any atom is -0.366 e. The Hall–Kier alpha value is -5.03. The smallest absolute Gasteiger partial charge is 0.250 e. The molecular weight excluding hydrogens is 492 g/mol. The summed E-state index contributed by atoms with van der Waals surface area (Å²) in [4.78, 5) is 17.4. The Kier molecular flexibility index (Phi) is 5.78. The maximum absolute atomic E-state index is 12.8. The average molecular weight is 520 g/mol. The molecule has 193 valence electrons. The van der Waals surface area contributed by atoms with Crippen molar-refractivity contribution < 1.29 is 4.79 Å². The van der Waals surface area contributed by atoms with E-state index in [1.807, 2.05) is 36.5 Å². The third kappa shape index (κ3) is 3.82. The highest BCUT2D eigenvalue weighted by Crippen LogP contribution is 2.45. The molecule has 6 aromatic rings. The van der Waals surface area contributed by atoms with Crippen LogP contribution >= 0.6 is 0 Å². The van der Waals surface area contributed by atoms with Gasteiger partial charge in [0, 0.05) is 28.8 Å². The van der Waals surface area contributed by atoms with Crippen LogP contribution in [-0.2, 0) is 5.54 Å². The summed E-state index contributed by atoms with van der Waals surface area (Å²) in [5, 5.41) is 6.08. The number of hydrogen-bond acceptors (Lipinski definition) is 3. The second-order valence-corrected chi connectivity index (χ2v) is 10.3. The monoisotopic (exact) mass is 519 g/mol. The van der Waals surface area contributed by atoms with Crippen LogP contribution in [0, 0.1) is 6.07 Å². The Labute approximate surface area is 232 Å². The van der Waals surface area contributed by atoms with E-state index >= 15 is 0 Å². The van der Waals surface area contributed by atoms with Gasteiger partial charge in [-0.05, 0) is 53.8 Å². The fourth-order valence-corrected chi connectivity index (χ4v) is 5.86. The number of rotatable bonds is 7. The van der Waals surface area contributed by atoms with Gasteiger partial charge < -0.3 is 5.73 Å². The van der Waals surface area contributed by atoms with Gasteiger partial charge in [0.25, 0.3) is 0 Å². The molecule has 2 aromatic heterocycles. The first-order chi connectivity index (χ1) is 19.7. The second kappa shape index (κ2) is 9.62. The van der Waals surface area contributed by atoms with Crippen molar-refractivity contribution in [3.05, 3.63) is 155 Å². The van der Waals surface area contributed by atoms with E-state index in [1.54, 1.807) is 6.07 Å². The summed E-state index contributed by atoms with van der Waals surface area (Å²) in [6.07, 6.45) is 4.12. The number of carbonyl (C=O) groups excluding carboxylic acids is 1. The number of primary amides is 1. The lowest BCUT2D eigenvalue weighted by molar-refractivity contribution is 0.100. The molecule has 7 rings (SSSR count). The van der Waals surface area contributed by atoms with Crippen LogP contribution < -0.4 is 5.73 Å². The van der Waals surface area contributed by atoms with Crippen LogP contribution in [0.25, 0.3) is 22.2 Å². The molecule has 1 aliphatic carbocycles. The Morgan fingerprint density at radius 3 is 1.93 bits per heavy atom. The first-order valence-corrected chi connectivity index (χ1v) is 13.5. The normalized spacial score (nSPS) is 13.4. The molecule has 5 heteroatoms. The van der Waals surface area contributed by atoms with Gasteiger partial charge in [0.1, 0.15) is 11.2 Å². The Morgan fingerprint density at radius 1 is 0.825 bits per heavy atom. The molecule has 0 aliphatic heterocycles. The molecule has 1 fully saturated rings. The number of carbonyl (C=O) groups is 1. The molecule has 0 saturated heterocycles. The Balaban J connectivity index is 1.64. The van der Waals surface area contributed by atoms with Crippen LogP contribution in [0.15, 0.2) is 121 Å². The zero-order valence-corrected chi connectivity index (χ0v) is 21.9. The number of nitrogens with two attached hydrogens (primary N) is 1. The molecule has 1 aliphatic rings. The van der Waals surface area contributed by atoms with E-state index in [-0.39, 0.29) is 0 Å². The molecule has 0 atom stereocenters. The van der Waals surface area contributed by atoms with Crippen molar-refractivity contribution in [1.29, 1.82) is 0 Å². The lowest BCUT2D eigenvalue weighted by atomic mass is 9.77. The number of nitrogens with zero attached hydrogens (tertiary/aromatic N) is 3. The predicted molar refractivity (Wildman–Crippen MR) is 157 cm³/mol. The van der Waals surface area contributed by atoms with E-state index in [4.69, 9.17) is 10.8 Å². The molecular formula is C35H27N4O. The number of amides is 1. The Bertz CT molecular complexity index is 1730. The van der Waals surface area contributed by atoms with E-state index in [2.05, 4.69) is 94.6 Å². The summed E-state index contributed by atoms with van der Waals surface area (Å²) in [6.45, 7) is 0. The topological polar surface area (TPSA) is 73.8 Å². The molecule has 1 radical (unpaired) electrons. The molecule has 1 saturated carbocycles. The predicted octanol–water partition coefficient (Wildman–Crippen LogP) is 6.71. The summed E-state index contributed by atoms with van der Waals surface area (Å²) in [7, 11) is 0. The SMILES string of the molecule is NC(=O)c1[c]ccc2c1c(-c1ccnc(C3CC3)c1)nn2C(c1ccccc1)(c1ccccc1)c1ccccc1. The number of pyridine rings is 1. The summed E-state index contributed by atoms with van der Waals surface area (Å²) < 4.78 is 2.06. The van der Waals surface area contributed by atoms with Crippen LogP contribution in [0.5, 0.6) is 0 Å². The number of benzene rings is 4. The molecule has 0 unspecified atom stereocenters. The van der Waals surface area contributed by atoms with Crippen LogP contribution in [0.1, 0.15) is 51.5 Å². The second-order valence-electron chi connectivity index (χ2n) is 10.3. The maximum atomic E-state index is 12.8. The quantitative estimate of drug-likeness (QED) is 0.238. The first kappa shape index (κ1) is 24.0. The van der Waals surface area contributed by atoms with Gasteiger partial charge in [0.2, 0.25) is 5.91 Å². The standard InChI is InChI=1S/C35H27N4O/c36-34(40)29-17-10-18-31-32(29)33(25-21-22-37-30(23-25)24-19-20-24)38-39(31)35(26-11-4-1-5-12-26,27-13-6-2-7-14-27)28-15-8-3-9-16-28/h1-16,18,21-24H,19-20H2,(H2,36,40). The van der Waals surface area contributed by atoms with E-state index in [0.29, 0.717) is 22.6 Å². The number of fused-ring (bicyclic) bond motifs is 1. The number of hydrogen-bond donors (Lipinski definition) is 1. The molecule has 0 bridgehead atoms. The van der Waals surface area contributed by atoms with Gasteiger partial charge in [-0.2, -0.15) is 5.10 Å². The van der Waals surface area contributed by atoms with Crippen molar-refractivity contribution in [2.45, 2.75) is 24.3 Å². The lowest BCUT2D eigenvalue weighted by Crippen LogP contribution is -2.38. The van der Waals surface area contributed by atoms with Crippen molar-refractivity contribution in [1.82, 2.24) is 14.8 Å². The minimum atomic E-state index is -0.844. The Morgan fingerprint density at radius 2 is 1.40 bits per heavy atom. The fraction of sp³-hybridized carbons (Fsp3) is 0.114. The van der Waals surface area contributed by atoms with Gasteiger partial charge in [-0.1, -0.05) is 97.1 Å². The summed E-state index contributed by atoms with van der Waals surface area (Å²) in [6, 6.07) is 42.1. The molecule has 2 heterocycles. The van der Waals surface area contributed by atoms with Crippen LogP contribution in [0.2, 0.25) is 0 Å². The molecule has 1 amide bonds. The van der Waals surface area contributed by atoms with E-state index in [1.165, 1.54) is 0 Å². The minimum absolute atomic E-state index is 0.326. The maximum Gasteiger partial charge on any atom is 0.250 e. The molecule has 4 aromatic carbocycles. The molecule has 40 heavy (non-hydrogen) atoms. The zero-order chi connectivity index (χ0) is 27.1. The molecule has 5 nitrogen and oxygen atoms in total. The first-order valence-electron chi connectivity index (χ1n) is 13.5. The fourth-order valence-electron chi connectivity index (χ4n) is 5.86. The molecule has 2 N–H and O–H groups in total. The summed E-state index contributed by atoms with van der Waals surface area (Å²) in [5.74, 6) is -0.0554. The van der Waals surface area contributed by atoms with E-state index < -0.39 is 11.4 Å². The van der Waals surface area contributed by atoms with Crippen LogP contribution in [0.3, 0.4) is 0 Å². The highest BCUT2D eigenvalue weighted by Gasteiger charge is 2.41. The molecule has 0 spiro atoms. The summed E-state index contributed by atoms with van der Waals surface area (Å²) in [5.41, 5.74) is 12.0. The summed E-state index contributed by atoms with van der Waals surface area (Å²) >= 11 is 0. The van der Waals surface area contributed by atoms with Gasteiger partial charge in [-0.3, -0.25) is 9.78 Å². The lowest BCUT2D eigenvalue weighted by Gasteiger charge is -2.37. The van der Waals surface area contributed by atoms with Crippen molar-refractivity contribution in [3.8, 4) is 11.3 Å². The van der Waals surface area contributed by atoms with Gasteiger partial charge in [-0.15, -0.1) is 0 Å². The third-order valence-electron chi connectivity index (χ3n) is 7.83. The average Bonchev–Trinajstić information content (AvgIpc) is 3.80. The van der Waals surface area contributed by atoms with Crippen molar-refractivity contribution >= 4 is 16.8 Å². The van der Waals surface area contributed by atoms with Gasteiger partial charge >= 0.3 is 0 Å². The largest absolute Gasteiger partial charge is 0.366 e. The van der Waals surface area contributed by atoms with Crippen LogP contribution in [-0.4, -0.2) is 20.7 Å².